The van der Waals surface area contributed by atoms with Gasteiger partial charge in [0.15, 0.2) is 0 Å². The smallest absolute Gasteiger partial charge is 0.122 e. The zero-order valence-corrected chi connectivity index (χ0v) is 11.1. The predicted octanol–water partition coefficient (Wildman–Crippen LogP) is 3.29. The van der Waals surface area contributed by atoms with Gasteiger partial charge in [0.05, 0.1) is 7.11 Å². The topological polar surface area (TPSA) is 21.3 Å². The third-order valence-electron chi connectivity index (χ3n) is 3.70. The third kappa shape index (κ3) is 2.81. The third-order valence-corrected chi connectivity index (χ3v) is 3.70. The minimum atomic E-state index is 0.561. The first-order chi connectivity index (χ1) is 8.22. The summed E-state index contributed by atoms with van der Waals surface area (Å²) in [6.45, 7) is 6.69. The Morgan fingerprint density at radius 3 is 2.53 bits per heavy atom. The summed E-state index contributed by atoms with van der Waals surface area (Å²) in [5.74, 6) is 2.29. The lowest BCUT2D eigenvalue weighted by atomic mass is 9.88. The average Bonchev–Trinajstić information content (AvgIpc) is 2.39. The van der Waals surface area contributed by atoms with Gasteiger partial charge in [0, 0.05) is 0 Å². The van der Waals surface area contributed by atoms with Crippen molar-refractivity contribution in [2.24, 2.45) is 0 Å². The second-order valence-electron chi connectivity index (χ2n) is 5.18. The molecule has 0 aliphatic carbocycles. The maximum Gasteiger partial charge on any atom is 0.122 e. The number of ether oxygens (including phenoxy) is 1. The Hall–Kier alpha value is -1.02. The van der Waals surface area contributed by atoms with Gasteiger partial charge in [-0.2, -0.15) is 0 Å². The van der Waals surface area contributed by atoms with Gasteiger partial charge >= 0.3 is 0 Å². The van der Waals surface area contributed by atoms with E-state index in [0.29, 0.717) is 11.8 Å². The molecule has 0 unspecified atom stereocenters. The number of hydrogen-bond donors (Lipinski definition) is 1. The highest BCUT2D eigenvalue weighted by atomic mass is 16.5. The number of rotatable bonds is 3. The molecule has 0 atom stereocenters. The molecule has 0 bridgehead atoms. The molecule has 0 aromatic heterocycles. The lowest BCUT2D eigenvalue weighted by Gasteiger charge is -2.25. The molecule has 1 aliphatic heterocycles. The zero-order valence-electron chi connectivity index (χ0n) is 11.1. The highest BCUT2D eigenvalue weighted by Crippen LogP contribution is 2.34. The molecule has 2 rings (SSSR count). The van der Waals surface area contributed by atoms with E-state index >= 15 is 0 Å². The van der Waals surface area contributed by atoms with Gasteiger partial charge in [0.1, 0.15) is 5.75 Å². The van der Waals surface area contributed by atoms with Crippen LogP contribution in [0.15, 0.2) is 18.2 Å². The van der Waals surface area contributed by atoms with Crippen LogP contribution in [-0.2, 0) is 0 Å². The summed E-state index contributed by atoms with van der Waals surface area (Å²) in [6.07, 6.45) is 2.44. The quantitative estimate of drug-likeness (QED) is 0.865. The molecule has 2 nitrogen and oxygen atoms in total. The highest BCUT2D eigenvalue weighted by Gasteiger charge is 2.19. The molecule has 1 N–H and O–H groups in total. The van der Waals surface area contributed by atoms with Gasteiger partial charge in [-0.05, 0) is 55.0 Å². The van der Waals surface area contributed by atoms with E-state index in [-0.39, 0.29) is 0 Å². The minimum absolute atomic E-state index is 0.561. The second kappa shape index (κ2) is 5.54. The fourth-order valence-electron chi connectivity index (χ4n) is 2.56. The van der Waals surface area contributed by atoms with Crippen LogP contribution in [0, 0.1) is 0 Å². The van der Waals surface area contributed by atoms with Crippen molar-refractivity contribution in [1.82, 2.24) is 5.32 Å². The Morgan fingerprint density at radius 1 is 1.24 bits per heavy atom. The number of piperidine rings is 1. The van der Waals surface area contributed by atoms with E-state index in [4.69, 9.17) is 4.74 Å². The maximum absolute atomic E-state index is 5.57. The Bertz CT molecular complexity index is 367. The van der Waals surface area contributed by atoms with Crippen LogP contribution < -0.4 is 10.1 Å². The van der Waals surface area contributed by atoms with Crippen molar-refractivity contribution in [3.05, 3.63) is 29.3 Å². The first-order valence-electron chi connectivity index (χ1n) is 6.61. The zero-order chi connectivity index (χ0) is 12.3. The standard InChI is InChI=1S/C15H23NO/c1-11(2)13-4-5-14(15(10-13)17-3)12-6-8-16-9-7-12/h4-5,10-12,16H,6-9H2,1-3H3. The lowest BCUT2D eigenvalue weighted by Crippen LogP contribution is -2.26. The van der Waals surface area contributed by atoms with Gasteiger partial charge in [-0.3, -0.25) is 0 Å². The second-order valence-corrected chi connectivity index (χ2v) is 5.18. The van der Waals surface area contributed by atoms with Crippen molar-refractivity contribution >= 4 is 0 Å². The maximum atomic E-state index is 5.57. The van der Waals surface area contributed by atoms with Crippen LogP contribution in [0.4, 0.5) is 0 Å². The molecule has 94 valence electrons. The molecule has 0 radical (unpaired) electrons. The molecule has 1 aliphatic rings. The fraction of sp³-hybridized carbons (Fsp3) is 0.600. The Balaban J connectivity index is 2.26. The van der Waals surface area contributed by atoms with Crippen molar-refractivity contribution in [1.29, 1.82) is 0 Å². The van der Waals surface area contributed by atoms with Crippen LogP contribution >= 0.6 is 0 Å². The van der Waals surface area contributed by atoms with E-state index < -0.39 is 0 Å². The first-order valence-corrected chi connectivity index (χ1v) is 6.61. The normalized spacial score (nSPS) is 17.4. The molecule has 17 heavy (non-hydrogen) atoms. The van der Waals surface area contributed by atoms with E-state index in [1.54, 1.807) is 7.11 Å². The van der Waals surface area contributed by atoms with Crippen molar-refractivity contribution < 1.29 is 4.74 Å². The van der Waals surface area contributed by atoms with E-state index in [9.17, 15) is 0 Å². The van der Waals surface area contributed by atoms with E-state index in [1.165, 1.54) is 24.0 Å². The van der Waals surface area contributed by atoms with E-state index in [0.717, 1.165) is 18.8 Å². The molecular weight excluding hydrogens is 210 g/mol. The molecule has 1 heterocycles. The van der Waals surface area contributed by atoms with Crippen molar-refractivity contribution in [2.45, 2.75) is 38.5 Å². The monoisotopic (exact) mass is 233 g/mol. The van der Waals surface area contributed by atoms with Crippen LogP contribution in [0.2, 0.25) is 0 Å². The molecule has 1 fully saturated rings. The van der Waals surface area contributed by atoms with Crippen molar-refractivity contribution in [3.8, 4) is 5.75 Å². The predicted molar refractivity (Wildman–Crippen MR) is 71.9 cm³/mol. The molecule has 0 spiro atoms. The molecule has 1 aromatic carbocycles. The molecule has 0 saturated carbocycles. The molecule has 2 heteroatoms. The Labute approximate surface area is 104 Å². The van der Waals surface area contributed by atoms with Gasteiger partial charge in [-0.25, -0.2) is 0 Å². The van der Waals surface area contributed by atoms with Gasteiger partial charge in [0.25, 0.3) is 0 Å². The SMILES string of the molecule is COc1cc(C(C)C)ccc1C1CCNCC1. The van der Waals surface area contributed by atoms with Gasteiger partial charge in [-0.1, -0.05) is 26.0 Å². The first kappa shape index (κ1) is 12.4. The summed E-state index contributed by atoms with van der Waals surface area (Å²) in [6, 6.07) is 6.73. The Kier molecular flexibility index (Phi) is 4.06. The van der Waals surface area contributed by atoms with Crippen LogP contribution in [0.5, 0.6) is 5.75 Å². The van der Waals surface area contributed by atoms with E-state index in [1.807, 2.05) is 0 Å². The van der Waals surface area contributed by atoms with E-state index in [2.05, 4.69) is 37.4 Å². The summed E-state index contributed by atoms with van der Waals surface area (Å²) >= 11 is 0. The molecule has 1 saturated heterocycles. The number of methoxy groups -OCH3 is 1. The van der Waals surface area contributed by atoms with Crippen molar-refractivity contribution in [2.75, 3.05) is 20.2 Å². The van der Waals surface area contributed by atoms with Gasteiger partial charge < -0.3 is 10.1 Å². The summed E-state index contributed by atoms with van der Waals surface area (Å²) in [5, 5.41) is 3.41. The Morgan fingerprint density at radius 2 is 1.94 bits per heavy atom. The summed E-state index contributed by atoms with van der Waals surface area (Å²) < 4.78 is 5.57. The van der Waals surface area contributed by atoms with Crippen LogP contribution in [0.25, 0.3) is 0 Å². The lowest BCUT2D eigenvalue weighted by molar-refractivity contribution is 0.391. The van der Waals surface area contributed by atoms with Crippen molar-refractivity contribution in [3.63, 3.8) is 0 Å². The molecule has 0 amide bonds. The minimum Gasteiger partial charge on any atom is -0.496 e. The average molecular weight is 233 g/mol. The number of hydrogen-bond acceptors (Lipinski definition) is 2. The summed E-state index contributed by atoms with van der Waals surface area (Å²) in [5.41, 5.74) is 2.75. The number of nitrogens with one attached hydrogen (secondary N) is 1. The summed E-state index contributed by atoms with van der Waals surface area (Å²) in [7, 11) is 1.78. The highest BCUT2D eigenvalue weighted by molar-refractivity contribution is 5.41. The summed E-state index contributed by atoms with van der Waals surface area (Å²) in [4.78, 5) is 0. The van der Waals surface area contributed by atoms with Crippen LogP contribution in [0.3, 0.4) is 0 Å². The van der Waals surface area contributed by atoms with Gasteiger partial charge in [-0.15, -0.1) is 0 Å². The van der Waals surface area contributed by atoms with Gasteiger partial charge in [0.2, 0.25) is 0 Å². The largest absolute Gasteiger partial charge is 0.496 e. The fourth-order valence-corrected chi connectivity index (χ4v) is 2.56. The molecular formula is C15H23NO. The number of benzene rings is 1. The molecule has 1 aromatic rings. The van der Waals surface area contributed by atoms with Crippen LogP contribution in [-0.4, -0.2) is 20.2 Å². The van der Waals surface area contributed by atoms with Crippen LogP contribution in [0.1, 0.15) is 49.7 Å².